The van der Waals surface area contributed by atoms with Crippen LogP contribution in [0.3, 0.4) is 0 Å². The molecule has 0 unspecified atom stereocenters. The van der Waals surface area contributed by atoms with Crippen molar-refractivity contribution in [3.8, 4) is 0 Å². The lowest BCUT2D eigenvalue weighted by Gasteiger charge is -2.23. The van der Waals surface area contributed by atoms with Crippen LogP contribution >= 0.6 is 0 Å². The fourth-order valence-electron chi connectivity index (χ4n) is 2.00. The molecule has 0 spiro atoms. The minimum absolute atomic E-state index is 0.242. The maximum Gasteiger partial charge on any atom is 0.0957 e. The highest BCUT2D eigenvalue weighted by Gasteiger charge is 2.15. The van der Waals surface area contributed by atoms with Crippen LogP contribution in [-0.4, -0.2) is 60.1 Å². The molecular weight excluding hydrogens is 190 g/mol. The van der Waals surface area contributed by atoms with Crippen molar-refractivity contribution in [1.29, 1.82) is 5.41 Å². The zero-order chi connectivity index (χ0) is 11.1. The number of β-amino-alcohol motifs (C(OH)–C–C–N with tert-alkyl or cyclic N) is 1. The highest BCUT2D eigenvalue weighted by atomic mass is 16.3. The molecule has 88 valence electrons. The summed E-state index contributed by atoms with van der Waals surface area (Å²) < 4.78 is 0. The average Bonchev–Trinajstić information content (AvgIpc) is 2.44. The Bertz CT molecular complexity index is 196. The molecule has 15 heavy (non-hydrogen) atoms. The molecule has 1 rings (SSSR count). The smallest absolute Gasteiger partial charge is 0.0957 e. The first-order chi connectivity index (χ1) is 7.27. The second-order valence-corrected chi connectivity index (χ2v) is 4.10. The number of rotatable bonds is 4. The average molecular weight is 213 g/mol. The van der Waals surface area contributed by atoms with Crippen LogP contribution in [0.4, 0.5) is 0 Å². The number of amidine groups is 1. The fraction of sp³-hybridized carbons (Fsp3) is 0.909. The number of aliphatic hydroxyl groups excluding tert-OH is 1. The first-order valence-electron chi connectivity index (χ1n) is 5.93. The topological polar surface area (TPSA) is 50.6 Å². The summed E-state index contributed by atoms with van der Waals surface area (Å²) in [6, 6.07) is 0. The van der Waals surface area contributed by atoms with E-state index in [1.807, 2.05) is 0 Å². The van der Waals surface area contributed by atoms with E-state index in [0.717, 1.165) is 57.8 Å². The second-order valence-electron chi connectivity index (χ2n) is 4.10. The van der Waals surface area contributed by atoms with Gasteiger partial charge in [0.05, 0.1) is 12.4 Å². The van der Waals surface area contributed by atoms with Crippen molar-refractivity contribution < 1.29 is 5.11 Å². The van der Waals surface area contributed by atoms with Gasteiger partial charge < -0.3 is 10.0 Å². The minimum atomic E-state index is 0.242. The van der Waals surface area contributed by atoms with Gasteiger partial charge in [0, 0.05) is 32.6 Å². The lowest BCUT2D eigenvalue weighted by atomic mass is 10.3. The van der Waals surface area contributed by atoms with Crippen LogP contribution in [0.5, 0.6) is 0 Å². The van der Waals surface area contributed by atoms with E-state index < -0.39 is 0 Å². The first kappa shape index (κ1) is 12.5. The number of nitrogens with one attached hydrogen (secondary N) is 1. The summed E-state index contributed by atoms with van der Waals surface area (Å²) in [5.41, 5.74) is 0. The van der Waals surface area contributed by atoms with Crippen LogP contribution < -0.4 is 0 Å². The highest BCUT2D eigenvalue weighted by Crippen LogP contribution is 2.05. The van der Waals surface area contributed by atoms with Gasteiger partial charge in [0.15, 0.2) is 0 Å². The van der Waals surface area contributed by atoms with Crippen LogP contribution in [0, 0.1) is 5.41 Å². The van der Waals surface area contributed by atoms with Gasteiger partial charge in [-0.15, -0.1) is 0 Å². The molecule has 0 aromatic rings. The van der Waals surface area contributed by atoms with E-state index in [-0.39, 0.29) is 6.61 Å². The molecule has 1 aliphatic rings. The Balaban J connectivity index is 2.35. The molecule has 0 atom stereocenters. The van der Waals surface area contributed by atoms with Gasteiger partial charge in [-0.3, -0.25) is 10.3 Å². The Hall–Kier alpha value is -0.610. The molecule has 0 saturated carbocycles. The summed E-state index contributed by atoms with van der Waals surface area (Å²) >= 11 is 0. The molecule has 1 heterocycles. The van der Waals surface area contributed by atoms with Gasteiger partial charge in [-0.05, 0) is 19.4 Å². The van der Waals surface area contributed by atoms with E-state index in [0.29, 0.717) is 0 Å². The summed E-state index contributed by atoms with van der Waals surface area (Å²) in [7, 11) is 0. The van der Waals surface area contributed by atoms with Crippen molar-refractivity contribution >= 4 is 5.84 Å². The highest BCUT2D eigenvalue weighted by molar-refractivity contribution is 5.79. The third kappa shape index (κ3) is 4.18. The third-order valence-corrected chi connectivity index (χ3v) is 2.87. The molecule has 1 fully saturated rings. The van der Waals surface area contributed by atoms with Gasteiger partial charge in [0.2, 0.25) is 0 Å². The summed E-state index contributed by atoms with van der Waals surface area (Å²) in [6.07, 6.45) is 3.04. The molecule has 4 heteroatoms. The molecule has 1 aliphatic heterocycles. The molecule has 0 aromatic heterocycles. The SMILES string of the molecule is CCCC(=N)N1CCCN(CCO)CC1. The molecule has 0 radical (unpaired) electrons. The zero-order valence-corrected chi connectivity index (χ0v) is 9.71. The van der Waals surface area contributed by atoms with Crippen molar-refractivity contribution in [2.45, 2.75) is 26.2 Å². The summed E-state index contributed by atoms with van der Waals surface area (Å²) in [6.45, 7) is 7.11. The summed E-state index contributed by atoms with van der Waals surface area (Å²) in [5, 5.41) is 16.8. The Kier molecular flexibility index (Phi) is 5.65. The molecule has 0 aromatic carbocycles. The Morgan fingerprint density at radius 2 is 2.07 bits per heavy atom. The molecular formula is C11H23N3O. The Morgan fingerprint density at radius 3 is 2.73 bits per heavy atom. The maximum absolute atomic E-state index is 8.87. The number of nitrogens with zero attached hydrogens (tertiary/aromatic N) is 2. The van der Waals surface area contributed by atoms with Gasteiger partial charge in [-0.2, -0.15) is 0 Å². The lowest BCUT2D eigenvalue weighted by molar-refractivity contribution is 0.201. The van der Waals surface area contributed by atoms with E-state index in [4.69, 9.17) is 10.5 Å². The first-order valence-corrected chi connectivity index (χ1v) is 5.93. The van der Waals surface area contributed by atoms with Crippen LogP contribution in [-0.2, 0) is 0 Å². The largest absolute Gasteiger partial charge is 0.395 e. The van der Waals surface area contributed by atoms with E-state index in [1.54, 1.807) is 0 Å². The van der Waals surface area contributed by atoms with Gasteiger partial charge in [-0.1, -0.05) is 6.92 Å². The predicted molar refractivity (Wildman–Crippen MR) is 62.4 cm³/mol. The zero-order valence-electron chi connectivity index (χ0n) is 9.71. The van der Waals surface area contributed by atoms with E-state index >= 15 is 0 Å². The predicted octanol–water partition coefficient (Wildman–Crippen LogP) is 0.764. The van der Waals surface area contributed by atoms with Gasteiger partial charge >= 0.3 is 0 Å². The number of hydrogen-bond acceptors (Lipinski definition) is 3. The second kappa shape index (κ2) is 6.80. The van der Waals surface area contributed by atoms with Gasteiger partial charge in [-0.25, -0.2) is 0 Å². The van der Waals surface area contributed by atoms with Crippen LogP contribution in [0.1, 0.15) is 26.2 Å². The van der Waals surface area contributed by atoms with E-state index in [9.17, 15) is 0 Å². The number of aliphatic hydroxyl groups is 1. The van der Waals surface area contributed by atoms with Crippen LogP contribution in [0.25, 0.3) is 0 Å². The normalized spacial score (nSPS) is 18.9. The van der Waals surface area contributed by atoms with Crippen molar-refractivity contribution in [2.24, 2.45) is 0 Å². The molecule has 1 saturated heterocycles. The quantitative estimate of drug-likeness (QED) is 0.535. The molecule has 2 N–H and O–H groups in total. The van der Waals surface area contributed by atoms with Crippen LogP contribution in [0.2, 0.25) is 0 Å². The fourth-order valence-corrected chi connectivity index (χ4v) is 2.00. The standard InChI is InChI=1S/C11H23N3O/c1-2-4-11(12)14-6-3-5-13(7-8-14)9-10-15/h12,15H,2-10H2,1H3. The molecule has 0 amide bonds. The van der Waals surface area contributed by atoms with Crippen molar-refractivity contribution in [3.63, 3.8) is 0 Å². The molecule has 0 aliphatic carbocycles. The Morgan fingerprint density at radius 1 is 1.27 bits per heavy atom. The van der Waals surface area contributed by atoms with Crippen molar-refractivity contribution in [2.75, 3.05) is 39.3 Å². The number of hydrogen-bond donors (Lipinski definition) is 2. The maximum atomic E-state index is 8.87. The van der Waals surface area contributed by atoms with Gasteiger partial charge in [0.1, 0.15) is 0 Å². The van der Waals surface area contributed by atoms with Crippen molar-refractivity contribution in [1.82, 2.24) is 9.80 Å². The monoisotopic (exact) mass is 213 g/mol. The third-order valence-electron chi connectivity index (χ3n) is 2.87. The Labute approximate surface area is 92.4 Å². The molecule has 4 nitrogen and oxygen atoms in total. The summed E-state index contributed by atoms with van der Waals surface area (Å²) in [4.78, 5) is 4.46. The van der Waals surface area contributed by atoms with Gasteiger partial charge in [0.25, 0.3) is 0 Å². The lowest BCUT2D eigenvalue weighted by Crippen LogP contribution is -2.35. The van der Waals surface area contributed by atoms with E-state index in [1.165, 1.54) is 0 Å². The van der Waals surface area contributed by atoms with Crippen molar-refractivity contribution in [3.05, 3.63) is 0 Å². The summed E-state index contributed by atoms with van der Waals surface area (Å²) in [5.74, 6) is 0.781. The van der Waals surface area contributed by atoms with E-state index in [2.05, 4.69) is 16.7 Å². The minimum Gasteiger partial charge on any atom is -0.395 e. The molecule has 0 bridgehead atoms. The van der Waals surface area contributed by atoms with Crippen LogP contribution in [0.15, 0.2) is 0 Å².